The average Bonchev–Trinajstić information content (AvgIpc) is 2.71. The van der Waals surface area contributed by atoms with Gasteiger partial charge in [-0.2, -0.15) is 13.2 Å². The predicted molar refractivity (Wildman–Crippen MR) is 103 cm³/mol. The zero-order chi connectivity index (χ0) is 21.2. The van der Waals surface area contributed by atoms with E-state index in [-0.39, 0.29) is 38.2 Å². The number of rotatable bonds is 5. The third-order valence-corrected chi connectivity index (χ3v) is 5.16. The number of methoxy groups -OCH3 is 1. The monoisotopic (exact) mass is 411 g/mol. The van der Waals surface area contributed by atoms with Gasteiger partial charge in [-0.25, -0.2) is 4.98 Å². The number of pyridine rings is 1. The minimum absolute atomic E-state index is 0.0131. The highest BCUT2D eigenvalue weighted by Gasteiger charge is 2.41. The van der Waals surface area contributed by atoms with Gasteiger partial charge < -0.3 is 20.1 Å². The van der Waals surface area contributed by atoms with Crippen LogP contribution in [0.3, 0.4) is 0 Å². The summed E-state index contributed by atoms with van der Waals surface area (Å²) >= 11 is 0. The van der Waals surface area contributed by atoms with Crippen LogP contribution in [0.15, 0.2) is 24.3 Å². The summed E-state index contributed by atoms with van der Waals surface area (Å²) in [5.74, 6) is -0.696. The molecular weight excluding hydrogens is 387 g/mol. The standard InChI is InChI=1S/C20H24F3N3O3/c1-12(11-27)24-19(28)17-10-13-9-15(29-2)3-4-16(13)18(25-17)26-7-5-14(6-8-26)20(21,22)23/h3-4,9-10,12,14,27H,5-8,11H2,1-2H3,(H,24,28)/t12-/m1/s1. The molecule has 1 aromatic carbocycles. The van der Waals surface area contributed by atoms with Crippen LogP contribution in [0.25, 0.3) is 10.8 Å². The van der Waals surface area contributed by atoms with E-state index in [9.17, 15) is 18.0 Å². The van der Waals surface area contributed by atoms with Crippen molar-refractivity contribution in [1.82, 2.24) is 10.3 Å². The van der Waals surface area contributed by atoms with Gasteiger partial charge in [0, 0.05) is 24.5 Å². The lowest BCUT2D eigenvalue weighted by atomic mass is 9.96. The molecule has 1 amide bonds. The molecule has 1 saturated heterocycles. The quantitative estimate of drug-likeness (QED) is 0.791. The van der Waals surface area contributed by atoms with Gasteiger partial charge >= 0.3 is 6.18 Å². The highest BCUT2D eigenvalue weighted by atomic mass is 19.4. The molecule has 1 aromatic heterocycles. The van der Waals surface area contributed by atoms with Crippen molar-refractivity contribution >= 4 is 22.5 Å². The molecule has 2 heterocycles. The number of hydrogen-bond donors (Lipinski definition) is 2. The highest BCUT2D eigenvalue weighted by Crippen LogP contribution is 2.37. The predicted octanol–water partition coefficient (Wildman–Crippen LogP) is 3.13. The van der Waals surface area contributed by atoms with Gasteiger partial charge in [-0.3, -0.25) is 4.79 Å². The molecule has 0 radical (unpaired) electrons. The first-order valence-electron chi connectivity index (χ1n) is 9.45. The number of aromatic nitrogens is 1. The van der Waals surface area contributed by atoms with Crippen molar-refractivity contribution < 1.29 is 27.8 Å². The van der Waals surface area contributed by atoms with Crippen LogP contribution in [-0.2, 0) is 0 Å². The molecule has 1 fully saturated rings. The molecule has 0 aliphatic carbocycles. The van der Waals surface area contributed by atoms with Gasteiger partial charge in [0.25, 0.3) is 5.91 Å². The van der Waals surface area contributed by atoms with Gasteiger partial charge in [0.15, 0.2) is 0 Å². The molecule has 0 saturated carbocycles. The lowest BCUT2D eigenvalue weighted by Crippen LogP contribution is -2.40. The molecule has 3 rings (SSSR count). The first kappa shape index (κ1) is 21.2. The molecule has 2 N–H and O–H groups in total. The molecule has 158 valence electrons. The number of benzene rings is 1. The van der Waals surface area contributed by atoms with Crippen LogP contribution in [0.1, 0.15) is 30.3 Å². The first-order chi connectivity index (χ1) is 13.7. The number of carbonyl (C=O) groups excluding carboxylic acids is 1. The smallest absolute Gasteiger partial charge is 0.391 e. The molecule has 0 spiro atoms. The SMILES string of the molecule is COc1ccc2c(N3CCC(C(F)(F)F)CC3)nc(C(=O)N[C@H](C)CO)cc2c1. The summed E-state index contributed by atoms with van der Waals surface area (Å²) in [5.41, 5.74) is 0.138. The van der Waals surface area contributed by atoms with Crippen LogP contribution in [0, 0.1) is 5.92 Å². The van der Waals surface area contributed by atoms with Gasteiger partial charge in [0.2, 0.25) is 0 Å². The summed E-state index contributed by atoms with van der Waals surface area (Å²) in [4.78, 5) is 18.8. The van der Waals surface area contributed by atoms with Crippen molar-refractivity contribution in [2.45, 2.75) is 32.0 Å². The number of amides is 1. The Bertz CT molecular complexity index is 880. The summed E-state index contributed by atoms with van der Waals surface area (Å²) in [6.07, 6.45) is -4.22. The molecule has 6 nitrogen and oxygen atoms in total. The third-order valence-electron chi connectivity index (χ3n) is 5.16. The largest absolute Gasteiger partial charge is 0.497 e. The second kappa shape index (κ2) is 8.44. The van der Waals surface area contributed by atoms with Crippen LogP contribution < -0.4 is 15.0 Å². The van der Waals surface area contributed by atoms with Crippen LogP contribution in [0.5, 0.6) is 5.75 Å². The number of nitrogens with one attached hydrogen (secondary N) is 1. The van der Waals surface area contributed by atoms with Gasteiger partial charge in [-0.15, -0.1) is 0 Å². The van der Waals surface area contributed by atoms with Gasteiger partial charge in [0.05, 0.1) is 19.6 Å². The summed E-state index contributed by atoms with van der Waals surface area (Å²) in [7, 11) is 1.53. The number of aliphatic hydroxyl groups excluding tert-OH is 1. The van der Waals surface area contributed by atoms with Crippen molar-refractivity contribution in [3.63, 3.8) is 0 Å². The van der Waals surface area contributed by atoms with Crippen molar-refractivity contribution in [3.05, 3.63) is 30.0 Å². The molecule has 2 aromatic rings. The van der Waals surface area contributed by atoms with Gasteiger partial charge in [-0.1, -0.05) is 0 Å². The Balaban J connectivity index is 1.97. The van der Waals surface area contributed by atoms with Crippen molar-refractivity contribution in [2.24, 2.45) is 5.92 Å². The molecular formula is C20H24F3N3O3. The number of aliphatic hydroxyl groups is 1. The van der Waals surface area contributed by atoms with Gasteiger partial charge in [0.1, 0.15) is 17.3 Å². The maximum absolute atomic E-state index is 13.0. The number of carbonyl (C=O) groups is 1. The first-order valence-corrected chi connectivity index (χ1v) is 9.45. The molecule has 1 aliphatic heterocycles. The number of piperidine rings is 1. The number of halogens is 3. The normalized spacial score (nSPS) is 16.7. The Labute approximate surface area is 166 Å². The van der Waals surface area contributed by atoms with E-state index in [4.69, 9.17) is 9.84 Å². The summed E-state index contributed by atoms with van der Waals surface area (Å²) in [5, 5.41) is 13.3. The van der Waals surface area contributed by atoms with Gasteiger partial charge in [-0.05, 0) is 49.4 Å². The van der Waals surface area contributed by atoms with Crippen LogP contribution in [0.2, 0.25) is 0 Å². The zero-order valence-corrected chi connectivity index (χ0v) is 16.3. The van der Waals surface area contributed by atoms with E-state index in [2.05, 4.69) is 10.3 Å². The summed E-state index contributed by atoms with van der Waals surface area (Å²) < 4.78 is 44.3. The fraction of sp³-hybridized carbons (Fsp3) is 0.500. The molecule has 1 aliphatic rings. The lowest BCUT2D eigenvalue weighted by Gasteiger charge is -2.34. The number of hydrogen-bond acceptors (Lipinski definition) is 5. The summed E-state index contributed by atoms with van der Waals surface area (Å²) in [6.45, 7) is 1.85. The third kappa shape index (κ3) is 4.72. The zero-order valence-electron chi connectivity index (χ0n) is 16.3. The lowest BCUT2D eigenvalue weighted by molar-refractivity contribution is -0.179. The fourth-order valence-electron chi connectivity index (χ4n) is 3.46. The Morgan fingerprint density at radius 3 is 2.62 bits per heavy atom. The van der Waals surface area contributed by atoms with Crippen LogP contribution in [0.4, 0.5) is 19.0 Å². The number of anilines is 1. The number of ether oxygens (including phenoxy) is 1. The second-order valence-electron chi connectivity index (χ2n) is 7.28. The second-order valence-corrected chi connectivity index (χ2v) is 7.28. The number of fused-ring (bicyclic) bond motifs is 1. The van der Waals surface area contributed by atoms with Crippen molar-refractivity contribution in [3.8, 4) is 5.75 Å². The Morgan fingerprint density at radius 2 is 2.03 bits per heavy atom. The minimum Gasteiger partial charge on any atom is -0.497 e. The van der Waals surface area contributed by atoms with E-state index < -0.39 is 24.0 Å². The van der Waals surface area contributed by atoms with E-state index >= 15 is 0 Å². The highest BCUT2D eigenvalue weighted by molar-refractivity contribution is 6.01. The van der Waals surface area contributed by atoms with Crippen LogP contribution in [-0.4, -0.2) is 55.0 Å². The maximum atomic E-state index is 13.0. The van der Waals surface area contributed by atoms with E-state index in [0.717, 1.165) is 5.39 Å². The minimum atomic E-state index is -4.20. The fourth-order valence-corrected chi connectivity index (χ4v) is 3.46. The van der Waals surface area contributed by atoms with Crippen molar-refractivity contribution in [1.29, 1.82) is 0 Å². The average molecular weight is 411 g/mol. The molecule has 0 bridgehead atoms. The topological polar surface area (TPSA) is 74.7 Å². The molecule has 0 unspecified atom stereocenters. The van der Waals surface area contributed by atoms with E-state index in [1.165, 1.54) is 7.11 Å². The Morgan fingerprint density at radius 1 is 1.34 bits per heavy atom. The maximum Gasteiger partial charge on any atom is 0.391 e. The van der Waals surface area contributed by atoms with E-state index in [1.807, 2.05) is 0 Å². The molecule has 9 heteroatoms. The number of alkyl halides is 3. The van der Waals surface area contributed by atoms with Crippen molar-refractivity contribution in [2.75, 3.05) is 31.7 Å². The Kier molecular flexibility index (Phi) is 6.16. The molecule has 1 atom stereocenters. The summed E-state index contributed by atoms with van der Waals surface area (Å²) in [6, 6.07) is 6.48. The number of nitrogens with zero attached hydrogens (tertiary/aromatic N) is 2. The van der Waals surface area contributed by atoms with Crippen LogP contribution >= 0.6 is 0 Å². The van der Waals surface area contributed by atoms with E-state index in [0.29, 0.717) is 17.0 Å². The molecule has 29 heavy (non-hydrogen) atoms. The van der Waals surface area contributed by atoms with E-state index in [1.54, 1.807) is 36.1 Å². The Hall–Kier alpha value is -2.55.